The molecule has 3 unspecified atom stereocenters. The largest absolute Gasteiger partial charge is 0.368 e. The van der Waals surface area contributed by atoms with Crippen LogP contribution < -0.4 is 0 Å². The Morgan fingerprint density at radius 3 is 2.19 bits per heavy atom. The highest BCUT2D eigenvalue weighted by Crippen LogP contribution is 2.15. The number of hydrogen-bond acceptors (Lipinski definition) is 5. The Morgan fingerprint density at radius 1 is 1.19 bits per heavy atom. The maximum Gasteiger partial charge on any atom is 0.160 e. The second-order valence-electron chi connectivity index (χ2n) is 3.57. The number of methoxy groups -OCH3 is 2. The third kappa shape index (κ3) is 9.06. The highest BCUT2D eigenvalue weighted by molar-refractivity contribution is 4.53. The molecule has 1 heterocycles. The first kappa shape index (κ1) is 15.8. The van der Waals surface area contributed by atoms with Crippen molar-refractivity contribution in [1.82, 2.24) is 0 Å². The molecule has 1 saturated heterocycles. The van der Waals surface area contributed by atoms with Crippen molar-refractivity contribution in [3.63, 3.8) is 0 Å². The molecule has 5 nitrogen and oxygen atoms in total. The van der Waals surface area contributed by atoms with E-state index in [0.717, 1.165) is 19.4 Å². The van der Waals surface area contributed by atoms with E-state index < -0.39 is 6.29 Å². The molecule has 98 valence electrons. The first-order valence-corrected chi connectivity index (χ1v) is 5.60. The minimum Gasteiger partial charge on any atom is -0.368 e. The van der Waals surface area contributed by atoms with Crippen LogP contribution in [-0.2, 0) is 18.9 Å². The zero-order chi connectivity index (χ0) is 12.4. The van der Waals surface area contributed by atoms with Crippen LogP contribution in [0.5, 0.6) is 0 Å². The van der Waals surface area contributed by atoms with E-state index in [4.69, 9.17) is 19.3 Å². The number of aliphatic hydroxyl groups is 1. The van der Waals surface area contributed by atoms with Gasteiger partial charge in [0.25, 0.3) is 0 Å². The molecule has 3 atom stereocenters. The van der Waals surface area contributed by atoms with E-state index in [9.17, 15) is 0 Å². The summed E-state index contributed by atoms with van der Waals surface area (Å²) in [6.45, 7) is 4.25. The molecule has 1 N–H and O–H groups in total. The molecular weight excluding hydrogens is 212 g/mol. The van der Waals surface area contributed by atoms with E-state index in [1.807, 2.05) is 6.92 Å². The minimum atomic E-state index is -0.616. The highest BCUT2D eigenvalue weighted by atomic mass is 16.8. The third-order valence-electron chi connectivity index (χ3n) is 2.15. The predicted octanol–water partition coefficient (Wildman–Crippen LogP) is 1.49. The zero-order valence-electron chi connectivity index (χ0n) is 10.6. The van der Waals surface area contributed by atoms with Gasteiger partial charge in [0.1, 0.15) is 0 Å². The van der Waals surface area contributed by atoms with Gasteiger partial charge in [-0.25, -0.2) is 0 Å². The van der Waals surface area contributed by atoms with Gasteiger partial charge in [-0.3, -0.25) is 0 Å². The van der Waals surface area contributed by atoms with Gasteiger partial charge in [-0.1, -0.05) is 0 Å². The van der Waals surface area contributed by atoms with Crippen molar-refractivity contribution in [2.75, 3.05) is 20.8 Å². The van der Waals surface area contributed by atoms with E-state index in [1.165, 1.54) is 13.5 Å². The lowest BCUT2D eigenvalue weighted by molar-refractivity contribution is -0.241. The van der Waals surface area contributed by atoms with Crippen LogP contribution in [0, 0.1) is 0 Å². The summed E-state index contributed by atoms with van der Waals surface area (Å²) in [5.41, 5.74) is 0. The van der Waals surface area contributed by atoms with Crippen molar-refractivity contribution in [2.45, 2.75) is 52.0 Å². The molecule has 1 aliphatic heterocycles. The Morgan fingerprint density at radius 2 is 1.81 bits per heavy atom. The summed E-state index contributed by atoms with van der Waals surface area (Å²) in [7, 11) is 3.08. The Hall–Kier alpha value is -0.200. The van der Waals surface area contributed by atoms with Gasteiger partial charge in [-0.15, -0.1) is 0 Å². The lowest BCUT2D eigenvalue weighted by atomic mass is 10.2. The summed E-state index contributed by atoms with van der Waals surface area (Å²) in [5, 5.41) is 8.14. The van der Waals surface area contributed by atoms with Gasteiger partial charge in [0.05, 0.1) is 0 Å². The van der Waals surface area contributed by atoms with Gasteiger partial charge in [0.2, 0.25) is 0 Å². The summed E-state index contributed by atoms with van der Waals surface area (Å²) in [6.07, 6.45) is 2.53. The summed E-state index contributed by atoms with van der Waals surface area (Å²) >= 11 is 0. The molecule has 0 bridgehead atoms. The molecule has 0 aromatic rings. The van der Waals surface area contributed by atoms with Crippen molar-refractivity contribution in [1.29, 1.82) is 0 Å². The molecule has 0 aromatic carbocycles. The van der Waals surface area contributed by atoms with Crippen molar-refractivity contribution >= 4 is 0 Å². The Kier molecular flexibility index (Phi) is 9.86. The summed E-state index contributed by atoms with van der Waals surface area (Å²) < 4.78 is 20.0. The molecule has 1 rings (SSSR count). The standard InChI is InChI=1S/C8H16O3.C3H8O2/c1-7(9-2)11-8-5-3-4-6-10-8;1-3(4)5-2/h7-8H,3-6H2,1-2H3;3-4H,1-2H3. The first-order chi connectivity index (χ1) is 7.60. The first-order valence-electron chi connectivity index (χ1n) is 5.60. The Labute approximate surface area is 97.6 Å². The van der Waals surface area contributed by atoms with E-state index in [-0.39, 0.29) is 12.6 Å². The van der Waals surface area contributed by atoms with Crippen LogP contribution in [0.3, 0.4) is 0 Å². The molecule has 0 saturated carbocycles. The fourth-order valence-electron chi connectivity index (χ4n) is 1.09. The van der Waals surface area contributed by atoms with Gasteiger partial charge >= 0.3 is 0 Å². The number of hydrogen-bond donors (Lipinski definition) is 1. The van der Waals surface area contributed by atoms with Crippen LogP contribution in [0.2, 0.25) is 0 Å². The lowest BCUT2D eigenvalue weighted by Gasteiger charge is -2.25. The molecule has 0 amide bonds. The maximum atomic E-state index is 8.14. The van der Waals surface area contributed by atoms with E-state index >= 15 is 0 Å². The van der Waals surface area contributed by atoms with Crippen LogP contribution in [-0.4, -0.2) is 44.8 Å². The number of ether oxygens (including phenoxy) is 4. The second-order valence-corrected chi connectivity index (χ2v) is 3.57. The smallest absolute Gasteiger partial charge is 0.160 e. The fraction of sp³-hybridized carbons (Fsp3) is 1.00. The van der Waals surface area contributed by atoms with E-state index in [1.54, 1.807) is 14.0 Å². The topological polar surface area (TPSA) is 57.2 Å². The zero-order valence-corrected chi connectivity index (χ0v) is 10.6. The van der Waals surface area contributed by atoms with E-state index in [2.05, 4.69) is 4.74 Å². The molecule has 1 aliphatic rings. The molecule has 0 aliphatic carbocycles. The van der Waals surface area contributed by atoms with Crippen LogP contribution in [0.1, 0.15) is 33.1 Å². The van der Waals surface area contributed by atoms with Crippen molar-refractivity contribution in [3.05, 3.63) is 0 Å². The van der Waals surface area contributed by atoms with Crippen LogP contribution >= 0.6 is 0 Å². The maximum absolute atomic E-state index is 8.14. The average molecular weight is 236 g/mol. The van der Waals surface area contributed by atoms with Crippen molar-refractivity contribution in [2.24, 2.45) is 0 Å². The minimum absolute atomic E-state index is 0.0429. The fourth-order valence-corrected chi connectivity index (χ4v) is 1.09. The number of aliphatic hydroxyl groups excluding tert-OH is 1. The Bertz CT molecular complexity index is 145. The molecule has 0 spiro atoms. The highest BCUT2D eigenvalue weighted by Gasteiger charge is 2.16. The second kappa shape index (κ2) is 9.99. The molecule has 0 aromatic heterocycles. The molecule has 5 heteroatoms. The summed E-state index contributed by atoms with van der Waals surface area (Å²) in [6, 6.07) is 0. The summed E-state index contributed by atoms with van der Waals surface area (Å²) in [5.74, 6) is 0. The van der Waals surface area contributed by atoms with E-state index in [0.29, 0.717) is 0 Å². The molecule has 16 heavy (non-hydrogen) atoms. The molecule has 1 fully saturated rings. The van der Waals surface area contributed by atoms with Crippen LogP contribution in [0.4, 0.5) is 0 Å². The SMILES string of the molecule is COC(C)O.COC(C)OC1CCCCO1. The lowest BCUT2D eigenvalue weighted by Crippen LogP contribution is -2.27. The van der Waals surface area contributed by atoms with Crippen molar-refractivity contribution in [3.8, 4) is 0 Å². The average Bonchev–Trinajstić information content (AvgIpc) is 2.31. The van der Waals surface area contributed by atoms with Crippen LogP contribution in [0.25, 0.3) is 0 Å². The molecule has 0 radical (unpaired) electrons. The molecular formula is C11H24O5. The van der Waals surface area contributed by atoms with Gasteiger partial charge < -0.3 is 24.1 Å². The van der Waals surface area contributed by atoms with Crippen molar-refractivity contribution < 1.29 is 24.1 Å². The van der Waals surface area contributed by atoms with Crippen LogP contribution in [0.15, 0.2) is 0 Å². The third-order valence-corrected chi connectivity index (χ3v) is 2.15. The monoisotopic (exact) mass is 236 g/mol. The van der Waals surface area contributed by atoms with Gasteiger partial charge in [0, 0.05) is 20.8 Å². The van der Waals surface area contributed by atoms with Gasteiger partial charge in [0.15, 0.2) is 18.9 Å². The Balaban J connectivity index is 0.000000385. The van der Waals surface area contributed by atoms with Gasteiger partial charge in [-0.2, -0.15) is 0 Å². The predicted molar refractivity (Wildman–Crippen MR) is 59.8 cm³/mol. The quantitative estimate of drug-likeness (QED) is 0.749. The summed E-state index contributed by atoms with van der Waals surface area (Å²) in [4.78, 5) is 0. The normalized spacial score (nSPS) is 24.2. The van der Waals surface area contributed by atoms with Gasteiger partial charge in [-0.05, 0) is 33.1 Å². The number of rotatable bonds is 4.